The van der Waals surface area contributed by atoms with E-state index < -0.39 is 197 Å². The number of unbranched alkanes of at least 4 members (excludes halogenated alkanes) is 16. The molecule has 16 unspecified atom stereocenters. The first-order valence-corrected chi connectivity index (χ1v) is 47.7. The van der Waals surface area contributed by atoms with E-state index in [0.717, 1.165) is 77.0 Å². The van der Waals surface area contributed by atoms with Crippen molar-refractivity contribution in [1.29, 1.82) is 0 Å². The van der Waals surface area contributed by atoms with Crippen LogP contribution in [0.25, 0.3) is 0 Å². The van der Waals surface area contributed by atoms with Gasteiger partial charge in [-0.3, -0.25) is 51.0 Å². The minimum Gasteiger partial charge on any atom is -0.381 e. The molecule has 676 valence electrons. The summed E-state index contributed by atoms with van der Waals surface area (Å²) in [7, 11) is -36.0. The van der Waals surface area contributed by atoms with Gasteiger partial charge in [0.2, 0.25) is 11.8 Å². The summed E-state index contributed by atoms with van der Waals surface area (Å²) in [5, 5.41) is 5.81. The predicted molar refractivity (Wildman–Crippen MR) is 395 cm³/mol. The highest BCUT2D eigenvalue weighted by Crippen LogP contribution is 2.37. The highest BCUT2D eigenvalue weighted by Gasteiger charge is 2.50. The van der Waals surface area contributed by atoms with Crippen molar-refractivity contribution in [2.45, 2.75) is 312 Å². The Morgan fingerprint density at radius 3 is 1.01 bits per heavy atom. The molecule has 115 heavy (non-hydrogen) atoms. The number of carbonyl (C=O) groups is 4. The van der Waals surface area contributed by atoms with Crippen molar-refractivity contribution in [3.05, 3.63) is 0 Å². The van der Waals surface area contributed by atoms with Gasteiger partial charge in [-0.05, 0) is 84.0 Å². The molecule has 0 spiro atoms. The summed E-state index contributed by atoms with van der Waals surface area (Å²) in [4.78, 5) is 49.6. The fraction of sp³-hybridized carbons (Fsp3) is 0.938. The van der Waals surface area contributed by atoms with E-state index in [4.69, 9.17) is 69.0 Å². The minimum atomic E-state index is -5.36. The lowest BCUT2D eigenvalue weighted by atomic mass is 9.94. The Kier molecular flexibility index (Phi) is 48.2. The van der Waals surface area contributed by atoms with Crippen LogP contribution in [-0.2, 0) is 169 Å². The van der Waals surface area contributed by atoms with Crippen molar-refractivity contribution >= 4 is 96.2 Å². The molecule has 0 aliphatic carbocycles. The predicted octanol–water partition coefficient (Wildman–Crippen LogP) is 4.44. The summed E-state index contributed by atoms with van der Waals surface area (Å²) >= 11 is 0. The molecule has 4 saturated heterocycles. The molecule has 0 radical (unpaired) electrons. The Bertz CT molecular complexity index is 3700. The number of ketones is 2. The molecule has 0 aromatic heterocycles. The quantitative estimate of drug-likeness (QED) is 0.0300. The second kappa shape index (κ2) is 53.1. The number of nitrogens with one attached hydrogen (secondary N) is 2. The lowest BCUT2D eigenvalue weighted by Gasteiger charge is -2.43. The fourth-order valence-corrected chi connectivity index (χ4v) is 15.8. The van der Waals surface area contributed by atoms with Crippen molar-refractivity contribution in [2.24, 2.45) is 5.92 Å². The summed E-state index contributed by atoms with van der Waals surface area (Å²) in [6, 6.07) is 0. The van der Waals surface area contributed by atoms with Crippen molar-refractivity contribution in [2.75, 3.05) is 65.9 Å². The molecule has 4 rings (SSSR count). The third-order valence-corrected chi connectivity index (χ3v) is 21.7. The maximum absolute atomic E-state index is 12.4. The number of ether oxygens (including phenoxy) is 10. The van der Waals surface area contributed by atoms with Crippen molar-refractivity contribution < 1.29 is 187 Å². The third-order valence-electron chi connectivity index (χ3n) is 18.4. The van der Waals surface area contributed by atoms with Crippen LogP contribution >= 0.6 is 0 Å². The molecule has 9 N–H and O–H groups in total. The molecule has 44 nitrogen and oxygen atoms in total. The van der Waals surface area contributed by atoms with Crippen LogP contribution in [0, 0.1) is 5.92 Å². The topological polar surface area (TPSA) is 630 Å². The zero-order valence-corrected chi connectivity index (χ0v) is 70.2. The summed E-state index contributed by atoms with van der Waals surface area (Å²) in [5.41, 5.74) is 0. The Balaban J connectivity index is 0.908. The Morgan fingerprint density at radius 1 is 0.313 bits per heavy atom. The maximum Gasteiger partial charge on any atom is 0.397 e. The summed E-state index contributed by atoms with van der Waals surface area (Å²) in [6.07, 6.45) is -5.85. The van der Waals surface area contributed by atoms with E-state index in [1.54, 1.807) is 0 Å². The monoisotopic (exact) mass is 1810 g/mol. The lowest BCUT2D eigenvalue weighted by Crippen LogP contribution is -2.56. The van der Waals surface area contributed by atoms with Gasteiger partial charge >= 0.3 is 72.8 Å². The molecule has 51 heteroatoms. The van der Waals surface area contributed by atoms with Gasteiger partial charge in [-0.15, -0.1) is 0 Å². The van der Waals surface area contributed by atoms with E-state index in [9.17, 15) is 101 Å². The van der Waals surface area contributed by atoms with Gasteiger partial charge in [0, 0.05) is 97.3 Å². The molecule has 0 aromatic carbocycles. The largest absolute Gasteiger partial charge is 0.397 e. The van der Waals surface area contributed by atoms with Gasteiger partial charge in [0.15, 0.2) is 25.2 Å². The molecule has 16 atom stereocenters. The number of amides is 2. The number of rotatable bonds is 64. The summed E-state index contributed by atoms with van der Waals surface area (Å²) in [6.45, 7) is 5.09. The van der Waals surface area contributed by atoms with Crippen LogP contribution in [0.4, 0.5) is 0 Å². The van der Waals surface area contributed by atoms with Crippen molar-refractivity contribution in [1.82, 2.24) is 10.6 Å². The van der Waals surface area contributed by atoms with Gasteiger partial charge < -0.3 is 58.0 Å². The number of hydrogen-bond acceptors (Lipinski definition) is 35. The van der Waals surface area contributed by atoms with E-state index in [1.165, 1.54) is 20.8 Å². The molecular formula is C64H116N2O42S7. The molecule has 0 bridgehead atoms. The molecule has 4 aliphatic rings. The first-order chi connectivity index (χ1) is 53.8. The highest BCUT2D eigenvalue weighted by molar-refractivity contribution is 7.82. The van der Waals surface area contributed by atoms with E-state index in [2.05, 4.69) is 27.4 Å². The highest BCUT2D eigenvalue weighted by atomic mass is 32.3. The van der Waals surface area contributed by atoms with Crippen LogP contribution < -0.4 is 10.6 Å². The van der Waals surface area contributed by atoms with Crippen LogP contribution in [0.15, 0.2) is 0 Å². The van der Waals surface area contributed by atoms with Crippen molar-refractivity contribution in [3.8, 4) is 0 Å². The molecule has 4 heterocycles. The van der Waals surface area contributed by atoms with E-state index >= 15 is 0 Å². The fourth-order valence-electron chi connectivity index (χ4n) is 12.7. The first-order valence-electron chi connectivity index (χ1n) is 38.2. The zero-order valence-electron chi connectivity index (χ0n) is 64.5. The van der Waals surface area contributed by atoms with Gasteiger partial charge in [0.1, 0.15) is 48.2 Å². The van der Waals surface area contributed by atoms with Crippen LogP contribution in [0.1, 0.15) is 220 Å². The average Bonchev–Trinajstić information content (AvgIpc) is 0.802. The van der Waals surface area contributed by atoms with Gasteiger partial charge in [-0.1, -0.05) is 84.0 Å². The Hall–Kier alpha value is -3.03. The van der Waals surface area contributed by atoms with E-state index in [-0.39, 0.29) is 49.4 Å². The van der Waals surface area contributed by atoms with Gasteiger partial charge in [0.25, 0.3) is 0 Å². The summed E-state index contributed by atoms with van der Waals surface area (Å²) < 4.78 is 316. The summed E-state index contributed by atoms with van der Waals surface area (Å²) in [5.74, 6) is -0.509. The molecular weight excluding hydrogens is 1690 g/mol. The number of Topliss-reactive ketones (excluding diaryl/α,β-unsaturated/α-hetero) is 2. The number of carbonyl (C=O) groups excluding carboxylic acids is 4. The average molecular weight is 1810 g/mol. The van der Waals surface area contributed by atoms with Crippen LogP contribution in [-0.4, -0.2) is 272 Å². The van der Waals surface area contributed by atoms with Crippen molar-refractivity contribution in [3.63, 3.8) is 0 Å². The normalized spacial score (nSPS) is 26.2. The Labute approximate surface area is 673 Å². The van der Waals surface area contributed by atoms with Crippen LogP contribution in [0.5, 0.6) is 0 Å². The standard InChI is InChI=1S/C64H116N2O42S7/c1-45-39-53(105-112(80,81)82)63(102-57(45)43-96-109(71,72)73)100-50-40-54(106-113(83,84)85)61(98-46(50)2)94-35-22-14-12-20-31-65-59(69)27-18-10-6-4-8-16-25-48(67)29-37-92-33-24-34-93-38-30-49(68)26-17-9-5-7-11-19-28-60(70)66-32-21-13-15-23-36-95-62-55(107-114(86,87)88)41-51(47(3)99-62)101-64-56(108-115(89,90)91)42-52(104-111(77,78)79)58(103-64)44-97-110(74,75)76/h45-47,50-58,61-64H,4-44H2,1-3H3,(H,65,69)(H,66,70)(H,71,72,73)(H,74,75,76)(H,77,78,79)(H,80,81,82)(H,83,84,85)(H,86,87,88)(H,89,90,91). The molecule has 0 aromatic rings. The Morgan fingerprint density at radius 2 is 0.626 bits per heavy atom. The molecule has 0 saturated carbocycles. The SMILES string of the molecule is CC1CC(OS(=O)(=O)O)C(OC2CC(OS(=O)(=O)O)C(OCCCCCCNC(=O)CCCCCCCCC(=O)CCOCCCOCCC(=O)CCCCCCCCC(=O)NCCCCCCOC3OC(C)C(OC4OC(COS(=O)(=O)O)C(OS(=O)(=O)O)CC4OS(=O)(=O)O)CC3OS(=O)(=O)O)OC2C)OC1COS(=O)(=O)O. The van der Waals surface area contributed by atoms with E-state index in [0.29, 0.717) is 136 Å². The van der Waals surface area contributed by atoms with Gasteiger partial charge in [0.05, 0.1) is 56.9 Å². The van der Waals surface area contributed by atoms with E-state index in [1.807, 2.05) is 0 Å². The number of hydrogen-bond donors (Lipinski definition) is 9. The smallest absolute Gasteiger partial charge is 0.381 e. The van der Waals surface area contributed by atoms with Crippen LogP contribution in [0.3, 0.4) is 0 Å². The molecule has 4 aliphatic heterocycles. The van der Waals surface area contributed by atoms with Gasteiger partial charge in [-0.25, -0.2) is 29.3 Å². The first kappa shape index (κ1) is 104. The third kappa shape index (κ3) is 50.2. The molecule has 2 amide bonds. The molecule has 4 fully saturated rings. The zero-order chi connectivity index (χ0) is 85.5. The minimum absolute atomic E-state index is 0.0107. The maximum atomic E-state index is 12.4. The van der Waals surface area contributed by atoms with Gasteiger partial charge in [-0.2, -0.15) is 58.9 Å². The second-order valence-electron chi connectivity index (χ2n) is 28.2. The second-order valence-corrected chi connectivity index (χ2v) is 35.6. The lowest BCUT2D eigenvalue weighted by molar-refractivity contribution is -0.316. The van der Waals surface area contributed by atoms with Crippen LogP contribution in [0.2, 0.25) is 0 Å².